The Bertz CT molecular complexity index is 836. The summed E-state index contributed by atoms with van der Waals surface area (Å²) in [5.41, 5.74) is 0.981. The molecule has 4 rings (SSSR count). The molecule has 0 aliphatic carbocycles. The second-order valence-corrected chi connectivity index (χ2v) is 10.1. The van der Waals surface area contributed by atoms with E-state index in [-0.39, 0.29) is 4.90 Å². The van der Waals surface area contributed by atoms with Crippen molar-refractivity contribution in [3.8, 4) is 0 Å². The summed E-state index contributed by atoms with van der Waals surface area (Å²) in [6.45, 7) is 9.36. The third-order valence-corrected chi connectivity index (χ3v) is 6.58. The summed E-state index contributed by atoms with van der Waals surface area (Å²) in [7, 11) is -3.79. The molecule has 3 heterocycles. The highest BCUT2D eigenvalue weighted by atomic mass is 32.2. The van der Waals surface area contributed by atoms with Gasteiger partial charge in [-0.05, 0) is 46.8 Å². The van der Waals surface area contributed by atoms with E-state index >= 15 is 0 Å². The summed E-state index contributed by atoms with van der Waals surface area (Å²) in [5.74, 6) is -1.62. The van der Waals surface area contributed by atoms with E-state index in [4.69, 9.17) is 23.7 Å². The molecule has 0 spiro atoms. The van der Waals surface area contributed by atoms with Crippen LogP contribution in [0.25, 0.3) is 0 Å². The molecular formula is C19H27NO7S. The fourth-order valence-electron chi connectivity index (χ4n) is 3.83. The monoisotopic (exact) mass is 413 g/mol. The van der Waals surface area contributed by atoms with Crippen LogP contribution in [-0.4, -0.2) is 57.2 Å². The summed E-state index contributed by atoms with van der Waals surface area (Å²) in [5, 5.41) is 0. The molecule has 28 heavy (non-hydrogen) atoms. The maximum absolute atomic E-state index is 13.0. The molecule has 3 fully saturated rings. The van der Waals surface area contributed by atoms with Gasteiger partial charge >= 0.3 is 0 Å². The van der Waals surface area contributed by atoms with Crippen LogP contribution in [0, 0.1) is 6.92 Å². The van der Waals surface area contributed by atoms with Crippen molar-refractivity contribution in [3.63, 3.8) is 0 Å². The number of ether oxygens (including phenoxy) is 5. The average molecular weight is 413 g/mol. The molecule has 9 heteroatoms. The highest BCUT2D eigenvalue weighted by Gasteiger charge is 2.59. The number of benzene rings is 1. The smallest absolute Gasteiger partial charge is 0.241 e. The Kier molecular flexibility index (Phi) is 4.86. The van der Waals surface area contributed by atoms with E-state index < -0.39 is 52.2 Å². The van der Waals surface area contributed by atoms with Gasteiger partial charge in [0.25, 0.3) is 0 Å². The first kappa shape index (κ1) is 20.2. The molecule has 0 amide bonds. The molecule has 1 aromatic rings. The minimum atomic E-state index is -3.79. The minimum Gasteiger partial charge on any atom is -0.348 e. The number of hydrogen-bond donors (Lipinski definition) is 1. The molecule has 156 valence electrons. The van der Waals surface area contributed by atoms with Crippen molar-refractivity contribution in [2.75, 3.05) is 6.61 Å². The summed E-state index contributed by atoms with van der Waals surface area (Å²) in [6, 6.07) is 5.99. The summed E-state index contributed by atoms with van der Waals surface area (Å²) < 4.78 is 58.1. The van der Waals surface area contributed by atoms with Crippen LogP contribution in [-0.2, 0) is 33.7 Å². The van der Waals surface area contributed by atoms with E-state index in [1.165, 1.54) is 0 Å². The Labute approximate surface area is 165 Å². The highest BCUT2D eigenvalue weighted by molar-refractivity contribution is 7.89. The predicted molar refractivity (Wildman–Crippen MR) is 98.9 cm³/mol. The van der Waals surface area contributed by atoms with E-state index in [1.54, 1.807) is 38.1 Å². The van der Waals surface area contributed by atoms with Gasteiger partial charge in [-0.2, -0.15) is 0 Å². The number of fused-ring (bicyclic) bond motifs is 1. The normalized spacial score (nSPS) is 36.5. The third kappa shape index (κ3) is 3.85. The molecule has 3 aliphatic rings. The molecular weight excluding hydrogens is 386 g/mol. The van der Waals surface area contributed by atoms with Crippen LogP contribution < -0.4 is 4.72 Å². The van der Waals surface area contributed by atoms with Crippen molar-refractivity contribution in [2.24, 2.45) is 0 Å². The van der Waals surface area contributed by atoms with Crippen molar-refractivity contribution in [1.29, 1.82) is 0 Å². The topological polar surface area (TPSA) is 92.3 Å². The van der Waals surface area contributed by atoms with E-state index in [2.05, 4.69) is 4.72 Å². The standard InChI is InChI=1S/C19H27NO7S/c1-11-6-8-12(9-7-11)28(21,22)20-14-15(13-10-23-18(2,3)25-13)24-17-16(14)26-19(4,5)27-17/h6-9,13-17,20H,10H2,1-5H3/t13?,14-,15-,16-,17-/m1/s1. The van der Waals surface area contributed by atoms with Crippen LogP contribution in [0.2, 0.25) is 0 Å². The zero-order valence-electron chi connectivity index (χ0n) is 16.7. The van der Waals surface area contributed by atoms with Crippen LogP contribution in [0.4, 0.5) is 0 Å². The summed E-state index contributed by atoms with van der Waals surface area (Å²) >= 11 is 0. The first-order chi connectivity index (χ1) is 13.0. The lowest BCUT2D eigenvalue weighted by Gasteiger charge is -2.29. The lowest BCUT2D eigenvalue weighted by molar-refractivity contribution is -0.223. The highest BCUT2D eigenvalue weighted by Crippen LogP contribution is 2.41. The first-order valence-corrected chi connectivity index (χ1v) is 10.9. The van der Waals surface area contributed by atoms with Gasteiger partial charge in [-0.3, -0.25) is 0 Å². The van der Waals surface area contributed by atoms with Crippen LogP contribution in [0.15, 0.2) is 29.2 Å². The van der Waals surface area contributed by atoms with Gasteiger partial charge in [-0.1, -0.05) is 17.7 Å². The van der Waals surface area contributed by atoms with Crippen LogP contribution in [0.3, 0.4) is 0 Å². The SMILES string of the molecule is Cc1ccc(S(=O)(=O)N[C@H]2[C@H]3OC(C)(C)O[C@H]3O[C@@H]2C2COC(C)(C)O2)cc1. The summed E-state index contributed by atoms with van der Waals surface area (Å²) in [4.78, 5) is 0.183. The fraction of sp³-hybridized carbons (Fsp3) is 0.684. The summed E-state index contributed by atoms with van der Waals surface area (Å²) in [6.07, 6.45) is -2.32. The van der Waals surface area contributed by atoms with Crippen molar-refractivity contribution < 1.29 is 32.1 Å². The molecule has 3 aliphatic heterocycles. The van der Waals surface area contributed by atoms with E-state index in [9.17, 15) is 8.42 Å². The molecule has 0 radical (unpaired) electrons. The van der Waals surface area contributed by atoms with Crippen molar-refractivity contribution >= 4 is 10.0 Å². The van der Waals surface area contributed by atoms with Crippen molar-refractivity contribution in [3.05, 3.63) is 29.8 Å². The molecule has 8 nitrogen and oxygen atoms in total. The zero-order chi connectivity index (χ0) is 20.3. The molecule has 5 atom stereocenters. The van der Waals surface area contributed by atoms with Crippen LogP contribution in [0.5, 0.6) is 0 Å². The van der Waals surface area contributed by atoms with Gasteiger partial charge in [0.1, 0.15) is 18.3 Å². The molecule has 0 aromatic heterocycles. The Morgan fingerprint density at radius 1 is 0.964 bits per heavy atom. The number of sulfonamides is 1. The average Bonchev–Trinajstić information content (AvgIpc) is 3.18. The number of aryl methyl sites for hydroxylation is 1. The number of hydrogen-bond acceptors (Lipinski definition) is 7. The first-order valence-electron chi connectivity index (χ1n) is 9.38. The van der Waals surface area contributed by atoms with Gasteiger partial charge in [0.2, 0.25) is 10.0 Å². The maximum atomic E-state index is 13.0. The van der Waals surface area contributed by atoms with Crippen molar-refractivity contribution in [2.45, 2.75) is 81.7 Å². The molecule has 0 bridgehead atoms. The Hall–Kier alpha value is -1.07. The molecule has 1 aromatic carbocycles. The number of rotatable bonds is 4. The number of nitrogens with one attached hydrogen (secondary N) is 1. The fourth-order valence-corrected chi connectivity index (χ4v) is 5.08. The Balaban J connectivity index is 1.61. The van der Waals surface area contributed by atoms with E-state index in [0.717, 1.165) is 5.56 Å². The van der Waals surface area contributed by atoms with Gasteiger partial charge in [0.05, 0.1) is 17.5 Å². The van der Waals surface area contributed by atoms with Crippen LogP contribution in [0.1, 0.15) is 33.3 Å². The Morgan fingerprint density at radius 2 is 1.64 bits per heavy atom. The van der Waals surface area contributed by atoms with Gasteiger partial charge in [-0.25, -0.2) is 13.1 Å². The minimum absolute atomic E-state index is 0.183. The third-order valence-electron chi connectivity index (χ3n) is 5.11. The lowest BCUT2D eigenvalue weighted by atomic mass is 10.0. The quantitative estimate of drug-likeness (QED) is 0.803. The molecule has 1 N–H and O–H groups in total. The van der Waals surface area contributed by atoms with E-state index in [0.29, 0.717) is 6.61 Å². The molecule has 0 saturated carbocycles. The van der Waals surface area contributed by atoms with Gasteiger partial charge in [0.15, 0.2) is 17.9 Å². The Morgan fingerprint density at radius 3 is 2.25 bits per heavy atom. The second kappa shape index (κ2) is 6.73. The molecule has 3 saturated heterocycles. The van der Waals surface area contributed by atoms with Gasteiger partial charge < -0.3 is 23.7 Å². The predicted octanol–water partition coefficient (Wildman–Crippen LogP) is 1.67. The second-order valence-electron chi connectivity index (χ2n) is 8.40. The largest absolute Gasteiger partial charge is 0.348 e. The maximum Gasteiger partial charge on any atom is 0.241 e. The van der Waals surface area contributed by atoms with Gasteiger partial charge in [0, 0.05) is 0 Å². The molecule has 1 unspecified atom stereocenters. The van der Waals surface area contributed by atoms with Crippen molar-refractivity contribution in [1.82, 2.24) is 4.72 Å². The van der Waals surface area contributed by atoms with Crippen LogP contribution >= 0.6 is 0 Å². The van der Waals surface area contributed by atoms with E-state index in [1.807, 2.05) is 20.8 Å². The zero-order valence-corrected chi connectivity index (χ0v) is 17.5. The van der Waals surface area contributed by atoms with Gasteiger partial charge in [-0.15, -0.1) is 0 Å². The lowest BCUT2D eigenvalue weighted by Crippen LogP contribution is -2.52.